The van der Waals surface area contributed by atoms with E-state index in [0.29, 0.717) is 17.4 Å². The highest BCUT2D eigenvalue weighted by atomic mass is 32.1. The standard InChI is InChI=1S/C12H21N5S/c1-4-9-10(5-2)15-16-12(14-9)17(6-3)8-7-11(13)18/h4-8H2,1-3H3,(H2,13,18). The van der Waals surface area contributed by atoms with Gasteiger partial charge in [-0.05, 0) is 19.8 Å². The molecule has 100 valence electrons. The van der Waals surface area contributed by atoms with Crippen LogP contribution in [0.25, 0.3) is 0 Å². The number of rotatable bonds is 7. The molecule has 1 aromatic rings. The van der Waals surface area contributed by atoms with E-state index in [4.69, 9.17) is 18.0 Å². The summed E-state index contributed by atoms with van der Waals surface area (Å²) in [6, 6.07) is 0. The molecule has 0 fully saturated rings. The van der Waals surface area contributed by atoms with Gasteiger partial charge in [-0.1, -0.05) is 26.1 Å². The molecule has 0 spiro atoms. The van der Waals surface area contributed by atoms with Crippen molar-refractivity contribution in [2.75, 3.05) is 18.0 Å². The van der Waals surface area contributed by atoms with E-state index in [0.717, 1.165) is 37.3 Å². The van der Waals surface area contributed by atoms with Gasteiger partial charge < -0.3 is 10.6 Å². The van der Waals surface area contributed by atoms with Gasteiger partial charge in [-0.3, -0.25) is 0 Å². The molecule has 1 rings (SSSR count). The van der Waals surface area contributed by atoms with Gasteiger partial charge in [0.2, 0.25) is 5.95 Å². The van der Waals surface area contributed by atoms with E-state index in [-0.39, 0.29) is 0 Å². The first-order valence-electron chi connectivity index (χ1n) is 6.38. The van der Waals surface area contributed by atoms with Gasteiger partial charge in [-0.25, -0.2) is 4.98 Å². The van der Waals surface area contributed by atoms with Crippen LogP contribution in [0.5, 0.6) is 0 Å². The average molecular weight is 267 g/mol. The Morgan fingerprint density at radius 3 is 2.33 bits per heavy atom. The molecule has 2 N–H and O–H groups in total. The Hall–Kier alpha value is -1.30. The smallest absolute Gasteiger partial charge is 0.245 e. The maximum absolute atomic E-state index is 5.52. The molecule has 1 heterocycles. The molecule has 5 nitrogen and oxygen atoms in total. The summed E-state index contributed by atoms with van der Waals surface area (Å²) < 4.78 is 0. The maximum Gasteiger partial charge on any atom is 0.245 e. The zero-order chi connectivity index (χ0) is 13.5. The van der Waals surface area contributed by atoms with Crippen molar-refractivity contribution in [2.45, 2.75) is 40.0 Å². The van der Waals surface area contributed by atoms with Crippen molar-refractivity contribution in [3.05, 3.63) is 11.4 Å². The van der Waals surface area contributed by atoms with Gasteiger partial charge in [0.05, 0.1) is 16.4 Å². The first kappa shape index (κ1) is 14.8. The zero-order valence-electron chi connectivity index (χ0n) is 11.3. The molecule has 1 aromatic heterocycles. The number of hydrogen-bond acceptors (Lipinski definition) is 5. The largest absolute Gasteiger partial charge is 0.393 e. The van der Waals surface area contributed by atoms with Gasteiger partial charge in [0.1, 0.15) is 0 Å². The van der Waals surface area contributed by atoms with E-state index < -0.39 is 0 Å². The highest BCUT2D eigenvalue weighted by Gasteiger charge is 2.11. The Kier molecular flexibility index (Phi) is 5.91. The Morgan fingerprint density at radius 2 is 1.83 bits per heavy atom. The Labute approximate surface area is 114 Å². The van der Waals surface area contributed by atoms with Crippen LogP contribution in [0.4, 0.5) is 5.95 Å². The number of aromatic nitrogens is 3. The second-order valence-electron chi connectivity index (χ2n) is 4.01. The Morgan fingerprint density at radius 1 is 1.17 bits per heavy atom. The molecule has 0 aromatic carbocycles. The molecule has 0 aliphatic rings. The summed E-state index contributed by atoms with van der Waals surface area (Å²) in [5.74, 6) is 0.669. The molecule has 0 unspecified atom stereocenters. The molecule has 0 aliphatic heterocycles. The second-order valence-corrected chi connectivity index (χ2v) is 4.53. The topological polar surface area (TPSA) is 67.9 Å². The summed E-state index contributed by atoms with van der Waals surface area (Å²) in [5, 5.41) is 8.43. The number of hydrogen-bond donors (Lipinski definition) is 1. The predicted octanol–water partition coefficient (Wildman–Crippen LogP) is 1.50. The van der Waals surface area contributed by atoms with Gasteiger partial charge in [0.15, 0.2) is 0 Å². The Bertz CT molecular complexity index is 407. The van der Waals surface area contributed by atoms with Crippen LogP contribution >= 0.6 is 12.2 Å². The fourth-order valence-electron chi connectivity index (χ4n) is 1.71. The lowest BCUT2D eigenvalue weighted by molar-refractivity contribution is 0.743. The summed E-state index contributed by atoms with van der Waals surface area (Å²) in [5.41, 5.74) is 7.53. The lowest BCUT2D eigenvalue weighted by Gasteiger charge is -2.20. The van der Waals surface area contributed by atoms with Crippen molar-refractivity contribution >= 4 is 23.2 Å². The van der Waals surface area contributed by atoms with Crippen LogP contribution in [-0.2, 0) is 12.8 Å². The van der Waals surface area contributed by atoms with Gasteiger partial charge in [0, 0.05) is 19.5 Å². The van der Waals surface area contributed by atoms with Gasteiger partial charge in [0.25, 0.3) is 0 Å². The van der Waals surface area contributed by atoms with Crippen molar-refractivity contribution in [2.24, 2.45) is 5.73 Å². The van der Waals surface area contributed by atoms with Crippen LogP contribution in [0.2, 0.25) is 0 Å². The summed E-state index contributed by atoms with van der Waals surface area (Å²) in [4.78, 5) is 7.14. The van der Waals surface area contributed by atoms with Crippen LogP contribution in [0.3, 0.4) is 0 Å². The predicted molar refractivity (Wildman–Crippen MR) is 77.9 cm³/mol. The normalized spacial score (nSPS) is 10.4. The highest BCUT2D eigenvalue weighted by molar-refractivity contribution is 7.80. The minimum absolute atomic E-state index is 0.516. The van der Waals surface area contributed by atoms with Crippen LogP contribution < -0.4 is 10.6 Å². The lowest BCUT2D eigenvalue weighted by atomic mass is 10.2. The number of nitrogens with two attached hydrogens (primary N) is 1. The third-order valence-corrected chi connectivity index (χ3v) is 2.99. The van der Waals surface area contributed by atoms with Crippen molar-refractivity contribution in [1.29, 1.82) is 0 Å². The van der Waals surface area contributed by atoms with E-state index in [1.807, 2.05) is 4.90 Å². The Balaban J connectivity index is 2.88. The number of aryl methyl sites for hydroxylation is 2. The molecule has 0 atom stereocenters. The number of thiocarbonyl (C=S) groups is 1. The van der Waals surface area contributed by atoms with E-state index in [2.05, 4.69) is 36.0 Å². The van der Waals surface area contributed by atoms with Crippen molar-refractivity contribution in [1.82, 2.24) is 15.2 Å². The number of nitrogens with zero attached hydrogens (tertiary/aromatic N) is 4. The van der Waals surface area contributed by atoms with Crippen molar-refractivity contribution < 1.29 is 0 Å². The molecule has 0 aliphatic carbocycles. The molecule has 0 amide bonds. The van der Waals surface area contributed by atoms with Crippen LogP contribution in [0.1, 0.15) is 38.6 Å². The van der Waals surface area contributed by atoms with E-state index >= 15 is 0 Å². The first-order valence-corrected chi connectivity index (χ1v) is 6.78. The molecule has 0 bridgehead atoms. The fourth-order valence-corrected chi connectivity index (χ4v) is 1.80. The molecule has 0 saturated carbocycles. The first-order chi connectivity index (χ1) is 8.62. The summed E-state index contributed by atoms with van der Waals surface area (Å²) in [7, 11) is 0. The summed E-state index contributed by atoms with van der Waals surface area (Å²) in [6.45, 7) is 7.76. The number of anilines is 1. The highest BCUT2D eigenvalue weighted by Crippen LogP contribution is 2.11. The third kappa shape index (κ3) is 3.87. The van der Waals surface area contributed by atoms with Gasteiger partial charge in [-0.2, -0.15) is 5.10 Å². The van der Waals surface area contributed by atoms with E-state index in [1.165, 1.54) is 0 Å². The molecular weight excluding hydrogens is 246 g/mol. The van der Waals surface area contributed by atoms with Gasteiger partial charge >= 0.3 is 0 Å². The molecule has 0 radical (unpaired) electrons. The van der Waals surface area contributed by atoms with Crippen molar-refractivity contribution in [3.63, 3.8) is 0 Å². The zero-order valence-corrected chi connectivity index (χ0v) is 12.1. The van der Waals surface area contributed by atoms with E-state index in [1.54, 1.807) is 0 Å². The SMILES string of the molecule is CCc1nnc(N(CC)CCC(N)=S)nc1CC. The van der Waals surface area contributed by atoms with Gasteiger partial charge in [-0.15, -0.1) is 5.10 Å². The third-order valence-electron chi connectivity index (χ3n) is 2.79. The fraction of sp³-hybridized carbons (Fsp3) is 0.667. The van der Waals surface area contributed by atoms with Crippen LogP contribution in [-0.4, -0.2) is 33.3 Å². The maximum atomic E-state index is 5.52. The molecular formula is C12H21N5S. The molecule has 18 heavy (non-hydrogen) atoms. The molecule has 0 saturated heterocycles. The van der Waals surface area contributed by atoms with E-state index in [9.17, 15) is 0 Å². The van der Waals surface area contributed by atoms with Crippen LogP contribution in [0, 0.1) is 0 Å². The summed E-state index contributed by atoms with van der Waals surface area (Å²) in [6.07, 6.45) is 2.41. The molecule has 6 heteroatoms. The van der Waals surface area contributed by atoms with Crippen molar-refractivity contribution in [3.8, 4) is 0 Å². The van der Waals surface area contributed by atoms with Crippen LogP contribution in [0.15, 0.2) is 0 Å². The summed E-state index contributed by atoms with van der Waals surface area (Å²) >= 11 is 4.89. The minimum Gasteiger partial charge on any atom is -0.393 e. The quantitative estimate of drug-likeness (QED) is 0.755. The average Bonchev–Trinajstić information content (AvgIpc) is 2.38. The monoisotopic (exact) mass is 267 g/mol. The minimum atomic E-state index is 0.516. The second kappa shape index (κ2) is 7.20. The lowest BCUT2D eigenvalue weighted by Crippen LogP contribution is -2.29.